The van der Waals surface area contributed by atoms with Crippen molar-refractivity contribution < 1.29 is 161 Å². The summed E-state index contributed by atoms with van der Waals surface area (Å²) in [4.78, 5) is 181. The van der Waals surface area contributed by atoms with Gasteiger partial charge in [-0.3, -0.25) is 47.8 Å². The first-order valence-corrected chi connectivity index (χ1v) is 42.4. The Morgan fingerprint density at radius 1 is 0.713 bits per heavy atom. The van der Waals surface area contributed by atoms with Crippen LogP contribution in [0.3, 0.4) is 0 Å². The van der Waals surface area contributed by atoms with Crippen LogP contribution in [0, 0.1) is 5.92 Å². The molecule has 11 bridgehead atoms. The van der Waals surface area contributed by atoms with E-state index < -0.39 is 304 Å². The highest BCUT2D eigenvalue weighted by Gasteiger charge is 2.52. The summed E-state index contributed by atoms with van der Waals surface area (Å²) in [6.07, 6.45) is -21.9. The van der Waals surface area contributed by atoms with E-state index in [0.717, 1.165) is 90.8 Å². The summed E-state index contributed by atoms with van der Waals surface area (Å²) in [6.45, 7) is 2.92. The fourth-order valence-corrected chi connectivity index (χ4v) is 15.9. The molecule has 19 atom stereocenters. The molecule has 24 N–H and O–H groups in total. The molecule has 0 aromatic heterocycles. The molecule has 0 spiro atoms. The van der Waals surface area contributed by atoms with Gasteiger partial charge in [-0.25, -0.2) is 14.4 Å². The van der Waals surface area contributed by atoms with Gasteiger partial charge in [0.05, 0.1) is 35.3 Å². The molecular formula is C82H96Cl2N11O33P. The van der Waals surface area contributed by atoms with Gasteiger partial charge in [0.15, 0.2) is 35.8 Å². The van der Waals surface area contributed by atoms with Gasteiger partial charge in [-0.05, 0) is 134 Å². The largest absolute Gasteiger partial charge is 0.508 e. The van der Waals surface area contributed by atoms with Gasteiger partial charge >= 0.3 is 31.7 Å². The second-order valence-electron chi connectivity index (χ2n) is 31.8. The number of aromatic hydroxyl groups is 3. The van der Waals surface area contributed by atoms with Crippen molar-refractivity contribution in [3.63, 3.8) is 0 Å². The minimum absolute atomic E-state index is 0.00968. The zero-order valence-corrected chi connectivity index (χ0v) is 71.6. The number of carbonyl (C=O) groups excluding carboxylic acids is 10. The lowest BCUT2D eigenvalue weighted by Gasteiger charge is -2.47. The molecule has 0 aliphatic carbocycles. The topological polar surface area (TPSA) is 684 Å². The van der Waals surface area contributed by atoms with Crippen LogP contribution in [0.2, 0.25) is 10.0 Å². The van der Waals surface area contributed by atoms with Gasteiger partial charge in [-0.1, -0.05) is 73.4 Å². The number of esters is 1. The predicted molar refractivity (Wildman–Crippen MR) is 444 cm³/mol. The lowest BCUT2D eigenvalue weighted by atomic mass is 9.86. The highest BCUT2D eigenvalue weighted by molar-refractivity contribution is 7.52. The number of hydrogen-bond donors (Lipinski definition) is 22. The molecular weight excluding hydrogens is 1770 g/mol. The number of likely N-dealkylation sites (N-methyl/N-ethyl adjacent to an activating group) is 1. The second-order valence-corrected chi connectivity index (χ2v) is 34.4. The van der Waals surface area contributed by atoms with Crippen molar-refractivity contribution in [3.8, 4) is 57.1 Å². The smallest absolute Gasteiger partial charge is 0.413 e. The molecule has 0 radical (unpaired) electrons. The zero-order chi connectivity index (χ0) is 94.3. The Hall–Kier alpha value is -11.8. The van der Waals surface area contributed by atoms with Crippen molar-refractivity contribution in [1.82, 2.24) is 41.7 Å². The average Bonchev–Trinajstić information content (AvgIpc) is 0.761. The van der Waals surface area contributed by atoms with Gasteiger partial charge in [0.25, 0.3) is 0 Å². The maximum absolute atomic E-state index is 16.3. The number of para-hydroxylation sites is 1. The molecule has 2 fully saturated rings. The van der Waals surface area contributed by atoms with E-state index in [4.69, 9.17) is 72.6 Å². The highest BCUT2D eigenvalue weighted by atomic mass is 35.5. The van der Waals surface area contributed by atoms with Crippen LogP contribution in [0.5, 0.6) is 46.0 Å². The Kier molecular flexibility index (Phi) is 31.3. The van der Waals surface area contributed by atoms with Crippen LogP contribution < -0.4 is 62.9 Å². The molecule has 7 heterocycles. The minimum Gasteiger partial charge on any atom is -0.508 e. The number of fused-ring (bicyclic) bond motifs is 15. The SMILES string of the molecule is CC(C)CC(C(=O)NC1C(=O)NC(CC(N)=O)C(=O)NC2C(=O)NC3C(=O)NC(C(=O)NC(C(=O)O)c4cc(O)cc(O)c4-c4cc3ccc4O)C(O)c3ccc(c(Cl)c3)Oc3cc2cc(c3OC2OC(CO)C(O)C(O)C2OC2CC(C)(N)C(O)C(C)O2)Oc2ccc(cc2Cl)C1O)N(C)C(=O)OCOC(=O)CN(CCCCC(O)P(=O)(O)O)C(=O)Nc1ccccc1. The molecule has 19 unspecified atom stereocenters. The lowest BCUT2D eigenvalue weighted by Crippen LogP contribution is -2.64. The van der Waals surface area contributed by atoms with Gasteiger partial charge in [-0.2, -0.15) is 0 Å². The summed E-state index contributed by atoms with van der Waals surface area (Å²) in [5.41, 5.74) is 7.78. The van der Waals surface area contributed by atoms with E-state index in [-0.39, 0.29) is 49.8 Å². The number of phenolic OH excluding ortho intramolecular Hbond substituents is 3. The number of amides is 10. The fourth-order valence-electron chi connectivity index (χ4n) is 14.9. The molecule has 6 aromatic rings. The first-order chi connectivity index (χ1) is 60.8. The number of aliphatic hydroxyl groups excluding tert-OH is 7. The van der Waals surface area contributed by atoms with E-state index >= 15 is 24.0 Å². The summed E-state index contributed by atoms with van der Waals surface area (Å²) in [6, 6.07) is 3.95. The number of carboxylic acids is 1. The molecule has 10 amide bonds. The van der Waals surface area contributed by atoms with Crippen LogP contribution in [-0.4, -0.2) is 259 Å². The number of hydrogen-bond acceptors (Lipinski definition) is 31. The van der Waals surface area contributed by atoms with Crippen molar-refractivity contribution in [2.45, 2.75) is 181 Å². The van der Waals surface area contributed by atoms with Crippen molar-refractivity contribution in [2.75, 3.05) is 38.9 Å². The van der Waals surface area contributed by atoms with E-state index in [1.54, 1.807) is 32.0 Å². The Bertz CT molecular complexity index is 5290. The Balaban J connectivity index is 1.02. The average molecular weight is 1870 g/mol. The third kappa shape index (κ3) is 23.3. The number of nitrogens with two attached hydrogens (primary N) is 2. The number of urea groups is 1. The van der Waals surface area contributed by atoms with Gasteiger partial charge in [0, 0.05) is 54.0 Å². The van der Waals surface area contributed by atoms with Crippen LogP contribution in [0.4, 0.5) is 15.3 Å². The second kappa shape index (κ2) is 41.3. The monoisotopic (exact) mass is 1860 g/mol. The third-order valence-electron chi connectivity index (χ3n) is 21.7. The molecule has 7 aliphatic heterocycles. The van der Waals surface area contributed by atoms with E-state index in [2.05, 4.69) is 37.2 Å². The Morgan fingerprint density at radius 2 is 1.33 bits per heavy atom. The van der Waals surface area contributed by atoms with Crippen molar-refractivity contribution >= 4 is 102 Å². The van der Waals surface area contributed by atoms with Crippen LogP contribution in [0.15, 0.2) is 109 Å². The van der Waals surface area contributed by atoms with Crippen LogP contribution in [0.1, 0.15) is 124 Å². The van der Waals surface area contributed by atoms with Crippen molar-refractivity contribution in [2.24, 2.45) is 17.4 Å². The van der Waals surface area contributed by atoms with Crippen molar-refractivity contribution in [1.29, 1.82) is 0 Å². The van der Waals surface area contributed by atoms with E-state index in [1.165, 1.54) is 26.0 Å². The molecule has 44 nitrogen and oxygen atoms in total. The molecule has 13 rings (SSSR count). The number of carboxylic acid groups (broad SMARTS) is 1. The molecule has 6 aromatic carbocycles. The highest BCUT2D eigenvalue weighted by Crippen LogP contribution is 2.51. The van der Waals surface area contributed by atoms with Crippen LogP contribution >= 0.6 is 30.8 Å². The molecule has 0 saturated carbocycles. The number of unbranched alkanes of at least 4 members (excludes halogenated alkanes) is 1. The number of phenols is 3. The van der Waals surface area contributed by atoms with Gasteiger partial charge in [0.2, 0.25) is 60.2 Å². The normalized spacial score (nSPS) is 25.8. The number of halogens is 2. The van der Waals surface area contributed by atoms with Crippen LogP contribution in [-0.2, 0) is 71.4 Å². The first kappa shape index (κ1) is 97.8. The molecule has 47 heteroatoms. The number of rotatable bonds is 24. The number of primary amides is 1. The molecule has 129 heavy (non-hydrogen) atoms. The zero-order valence-electron chi connectivity index (χ0n) is 69.2. The standard InChI is InChI=1S/C82H96Cl2N11O33P/c1-34(2)21-47(94(5)81(117)122-33-121-56(101)31-95(20-10-9-13-57(102)129(118,119)120)80(116)87-40-11-7-6-8-12-40)73(109)92-63-65(103)37-15-18-50(44(83)23-37)124-52-25-39-26-53(69(52)128-79-70(68(106)67(105)54(32-96)126-79)127-58-30-82(4,86)71(107)35(3)123-58)125-51-19-16-38(24-45(51)84)66(104)64-77(113)91-62(78(114)115)43-27-41(97)28-49(99)59(43)42-22-36(14-17-48(42)98)60(74(110)93-64)90-75(111)61(39)89-72(108)46(29-55(85)100)88-76(63)112/h6-8,11-12,14-19,22-28,34-35,46-47,54,57-58,60-68,70-71,79,96-99,102-107H,9-10,13,20-21,29-33,86H2,1-5H3,(H2,85,100)(H,87,116)(H,88,112)(H,89,108)(H,90,111)(H,91,113)(H,92,109)(H,93,110)(H,114,115)(H2,118,119,120). The van der Waals surface area contributed by atoms with E-state index in [1.807, 2.05) is 0 Å². The number of aliphatic carboxylic acids is 1. The fraction of sp³-hybridized carbons (Fsp3) is 0.427. The summed E-state index contributed by atoms with van der Waals surface area (Å²) >= 11 is 14.3. The van der Waals surface area contributed by atoms with Crippen molar-refractivity contribution in [3.05, 3.63) is 147 Å². The van der Waals surface area contributed by atoms with Gasteiger partial charge in [0.1, 0.15) is 102 Å². The lowest BCUT2D eigenvalue weighted by molar-refractivity contribution is -0.333. The first-order valence-electron chi connectivity index (χ1n) is 40.0. The van der Waals surface area contributed by atoms with Crippen LogP contribution in [0.25, 0.3) is 11.1 Å². The number of anilines is 1. The number of carbonyl (C=O) groups is 11. The maximum atomic E-state index is 16.3. The summed E-state index contributed by atoms with van der Waals surface area (Å²) in [7, 11) is -3.82. The number of benzene rings is 6. The number of ether oxygens (including phenoxy) is 8. The number of aliphatic hydroxyl groups is 7. The van der Waals surface area contributed by atoms with E-state index in [9.17, 15) is 99.3 Å². The third-order valence-corrected chi connectivity index (χ3v) is 23.3. The molecule has 7 aliphatic rings. The summed E-state index contributed by atoms with van der Waals surface area (Å²) in [5.74, 6) is -21.4. The number of nitrogens with zero attached hydrogens (tertiary/aromatic N) is 2. The Labute approximate surface area is 743 Å². The summed E-state index contributed by atoms with van der Waals surface area (Å²) < 4.78 is 60.5. The quantitative estimate of drug-likeness (QED) is 0.0177. The maximum Gasteiger partial charge on any atom is 0.413 e. The Morgan fingerprint density at radius 3 is 1.94 bits per heavy atom. The molecule has 696 valence electrons. The van der Waals surface area contributed by atoms with E-state index in [0.29, 0.717) is 10.6 Å². The number of nitrogens with one attached hydrogen (secondary N) is 7. The summed E-state index contributed by atoms with van der Waals surface area (Å²) in [5, 5.41) is 141. The van der Waals surface area contributed by atoms with Gasteiger partial charge < -0.3 is 157 Å². The van der Waals surface area contributed by atoms with Gasteiger partial charge in [-0.15, -0.1) is 0 Å². The minimum atomic E-state index is -4.87. The molecule has 2 saturated heterocycles. The predicted octanol–water partition coefficient (Wildman–Crippen LogP) is 1.66.